The maximum Gasteiger partial charge on any atom is 0.251 e. The number of rotatable bonds is 11. The van der Waals surface area contributed by atoms with Crippen LogP contribution in [0.15, 0.2) is 4.99 Å². The maximum absolute atomic E-state index is 12.7. The fourth-order valence-electron chi connectivity index (χ4n) is 3.18. The van der Waals surface area contributed by atoms with Crippen molar-refractivity contribution in [3.63, 3.8) is 0 Å². The highest BCUT2D eigenvalue weighted by Crippen LogP contribution is 2.17. The van der Waals surface area contributed by atoms with E-state index in [1.165, 1.54) is 11.8 Å². The minimum Gasteiger partial charge on any atom is -0.365 e. The number of amides is 3. The zero-order chi connectivity index (χ0) is 22.7. The molecular weight excluding hydrogens is 394 g/mol. The molecule has 0 saturated carbocycles. The fourth-order valence-corrected chi connectivity index (χ4v) is 3.18. The Bertz CT molecular complexity index is 653. The number of nitrogens with two attached hydrogens (primary N) is 1. The largest absolute Gasteiger partial charge is 0.365 e. The molecule has 0 aliphatic carbocycles. The van der Waals surface area contributed by atoms with Crippen LogP contribution < -0.4 is 21.8 Å². The van der Waals surface area contributed by atoms with Crippen LogP contribution in [0.25, 0.3) is 0 Å². The molecule has 1 fully saturated rings. The lowest BCUT2D eigenvalue weighted by atomic mass is 10.1. The monoisotopic (exact) mass is 427 g/mol. The van der Waals surface area contributed by atoms with Crippen molar-refractivity contribution in [2.75, 3.05) is 19.6 Å². The number of hydrogen-bond acceptors (Lipinski definition) is 6. The smallest absolute Gasteiger partial charge is 0.251 e. The van der Waals surface area contributed by atoms with Crippen LogP contribution in [-0.2, 0) is 14.4 Å². The third-order valence-corrected chi connectivity index (χ3v) is 4.75. The van der Waals surface area contributed by atoms with Crippen LogP contribution in [0.1, 0.15) is 52.9 Å². The summed E-state index contributed by atoms with van der Waals surface area (Å²) in [5, 5.41) is 15.1. The average molecular weight is 428 g/mol. The molecule has 1 aliphatic heterocycles. The van der Waals surface area contributed by atoms with E-state index in [9.17, 15) is 24.5 Å². The first-order valence-corrected chi connectivity index (χ1v) is 10.2. The number of nitro groups is 1. The van der Waals surface area contributed by atoms with E-state index < -0.39 is 17.1 Å². The molecule has 0 aromatic heterocycles. The van der Waals surface area contributed by atoms with Crippen molar-refractivity contribution in [1.29, 1.82) is 0 Å². The summed E-state index contributed by atoms with van der Waals surface area (Å²) in [6.45, 7) is 6.68. The summed E-state index contributed by atoms with van der Waals surface area (Å²) in [5.41, 5.74) is 7.10. The molecule has 1 saturated heterocycles. The first-order chi connectivity index (χ1) is 14.1. The Balaban J connectivity index is 2.69. The van der Waals surface area contributed by atoms with E-state index in [0.717, 1.165) is 12.8 Å². The molecular formula is C18H33N7O5. The van der Waals surface area contributed by atoms with Crippen molar-refractivity contribution in [2.45, 2.75) is 65.0 Å². The summed E-state index contributed by atoms with van der Waals surface area (Å²) >= 11 is 0. The Morgan fingerprint density at radius 1 is 1.30 bits per heavy atom. The lowest BCUT2D eigenvalue weighted by Crippen LogP contribution is -2.53. The van der Waals surface area contributed by atoms with Gasteiger partial charge in [-0.25, -0.2) is 15.1 Å². The second-order valence-corrected chi connectivity index (χ2v) is 7.68. The first-order valence-electron chi connectivity index (χ1n) is 10.2. The zero-order valence-electron chi connectivity index (χ0n) is 17.8. The van der Waals surface area contributed by atoms with Crippen molar-refractivity contribution >= 4 is 23.7 Å². The molecule has 12 nitrogen and oxygen atoms in total. The topological polar surface area (TPSA) is 172 Å². The molecule has 3 amide bonds. The van der Waals surface area contributed by atoms with E-state index in [4.69, 9.17) is 5.73 Å². The van der Waals surface area contributed by atoms with Crippen LogP contribution in [0.3, 0.4) is 0 Å². The normalized spacial score (nSPS) is 17.5. The van der Waals surface area contributed by atoms with Crippen molar-refractivity contribution in [3.05, 3.63) is 10.1 Å². The molecule has 0 radical (unpaired) electrons. The molecule has 1 aliphatic rings. The van der Waals surface area contributed by atoms with Crippen LogP contribution in [0.4, 0.5) is 0 Å². The second-order valence-electron chi connectivity index (χ2n) is 7.68. The molecule has 170 valence electrons. The third kappa shape index (κ3) is 9.05. The van der Waals surface area contributed by atoms with Gasteiger partial charge >= 0.3 is 0 Å². The van der Waals surface area contributed by atoms with E-state index in [0.29, 0.717) is 31.8 Å². The highest BCUT2D eigenvalue weighted by atomic mass is 16.7. The van der Waals surface area contributed by atoms with Gasteiger partial charge in [0, 0.05) is 26.6 Å². The second kappa shape index (κ2) is 12.6. The molecule has 0 aromatic rings. The van der Waals surface area contributed by atoms with Gasteiger partial charge in [-0.1, -0.05) is 19.3 Å². The van der Waals surface area contributed by atoms with Crippen LogP contribution >= 0.6 is 0 Å². The van der Waals surface area contributed by atoms with Crippen LogP contribution in [0.5, 0.6) is 0 Å². The van der Waals surface area contributed by atoms with E-state index in [2.05, 4.69) is 15.6 Å². The van der Waals surface area contributed by atoms with E-state index in [-0.39, 0.29) is 36.6 Å². The third-order valence-electron chi connectivity index (χ3n) is 4.75. The van der Waals surface area contributed by atoms with Gasteiger partial charge < -0.3 is 21.3 Å². The molecule has 2 atom stereocenters. The Labute approximate surface area is 176 Å². The average Bonchev–Trinajstić information content (AvgIpc) is 3.13. The summed E-state index contributed by atoms with van der Waals surface area (Å²) < 4.78 is 0. The Hall–Kier alpha value is -2.92. The molecule has 0 unspecified atom stereocenters. The van der Waals surface area contributed by atoms with Gasteiger partial charge in [-0.15, -0.1) is 0 Å². The number of likely N-dealkylation sites (tertiary alicyclic amines) is 1. The van der Waals surface area contributed by atoms with Crippen LogP contribution in [0, 0.1) is 16.0 Å². The van der Waals surface area contributed by atoms with Gasteiger partial charge in [-0.05, 0) is 38.0 Å². The van der Waals surface area contributed by atoms with Gasteiger partial charge in [-0.3, -0.25) is 14.4 Å². The van der Waals surface area contributed by atoms with Gasteiger partial charge in [-0.2, -0.15) is 0 Å². The summed E-state index contributed by atoms with van der Waals surface area (Å²) in [6, 6.07) is -1.37. The van der Waals surface area contributed by atoms with Crippen molar-refractivity contribution in [1.82, 2.24) is 21.0 Å². The number of hydrogen-bond donors (Lipinski definition) is 4. The van der Waals surface area contributed by atoms with Gasteiger partial charge in [0.2, 0.25) is 17.7 Å². The lowest BCUT2D eigenvalue weighted by molar-refractivity contribution is -0.525. The quantitative estimate of drug-likeness (QED) is 0.113. The van der Waals surface area contributed by atoms with Crippen molar-refractivity contribution in [3.8, 4) is 0 Å². The number of nitrogens with one attached hydrogen (secondary N) is 3. The molecule has 0 aromatic carbocycles. The summed E-state index contributed by atoms with van der Waals surface area (Å²) in [4.78, 5) is 52.7. The minimum atomic E-state index is -0.813. The number of nitrogens with zero attached hydrogens (tertiary/aromatic N) is 3. The Morgan fingerprint density at radius 3 is 2.60 bits per heavy atom. The van der Waals surface area contributed by atoms with E-state index in [1.807, 2.05) is 13.8 Å². The minimum absolute atomic E-state index is 0.154. The van der Waals surface area contributed by atoms with Gasteiger partial charge in [0.25, 0.3) is 5.96 Å². The molecule has 5 N–H and O–H groups in total. The number of aliphatic imine (C=N–C) groups is 1. The Kier molecular flexibility index (Phi) is 10.6. The van der Waals surface area contributed by atoms with Crippen LogP contribution in [0.2, 0.25) is 0 Å². The van der Waals surface area contributed by atoms with E-state index in [1.54, 1.807) is 5.43 Å². The molecule has 12 heteroatoms. The molecule has 0 bridgehead atoms. The van der Waals surface area contributed by atoms with Crippen molar-refractivity contribution in [2.24, 2.45) is 16.6 Å². The molecule has 0 spiro atoms. The van der Waals surface area contributed by atoms with Gasteiger partial charge in [0.1, 0.15) is 12.1 Å². The fraction of sp³-hybridized carbons (Fsp3) is 0.778. The zero-order valence-corrected chi connectivity index (χ0v) is 17.8. The number of guanidine groups is 1. The lowest BCUT2D eigenvalue weighted by Gasteiger charge is -2.25. The van der Waals surface area contributed by atoms with E-state index >= 15 is 0 Å². The highest BCUT2D eigenvalue weighted by molar-refractivity contribution is 5.92. The number of carbonyl (C=O) groups is 3. The van der Waals surface area contributed by atoms with Gasteiger partial charge in [0.15, 0.2) is 5.03 Å². The summed E-state index contributed by atoms with van der Waals surface area (Å²) in [7, 11) is 0. The molecule has 1 heterocycles. The maximum atomic E-state index is 12.7. The number of carbonyl (C=O) groups excluding carboxylic acids is 3. The predicted molar refractivity (Wildman–Crippen MR) is 111 cm³/mol. The van der Waals surface area contributed by atoms with Crippen LogP contribution in [-0.4, -0.2) is 65.3 Å². The Morgan fingerprint density at radius 2 is 2.00 bits per heavy atom. The SMILES string of the molecule is CC(=O)N1CCC[C@H]1C(=O)N[C@@H](CCCN=C(N)N[N+](=O)[O-])C(=O)NCCC(C)C. The highest BCUT2D eigenvalue weighted by Gasteiger charge is 2.34. The standard InChI is InChI=1S/C18H33N7O5/c1-12(2)8-10-20-16(27)14(6-4-9-21-18(19)23-25(29)30)22-17(28)15-7-5-11-24(15)13(3)26/h12,14-15H,4-11H2,1-3H3,(H,20,27)(H,22,28)(H3,19,21,23)/t14-,15-/m0/s1. The van der Waals surface area contributed by atoms with Gasteiger partial charge in [0.05, 0.1) is 0 Å². The predicted octanol–water partition coefficient (Wildman–Crippen LogP) is -0.479. The van der Waals surface area contributed by atoms with Crippen molar-refractivity contribution < 1.29 is 19.4 Å². The molecule has 30 heavy (non-hydrogen) atoms. The molecule has 1 rings (SSSR count). The summed E-state index contributed by atoms with van der Waals surface area (Å²) in [5.74, 6) is -0.743. The first kappa shape index (κ1) is 25.1. The number of hydrazine groups is 1. The summed E-state index contributed by atoms with van der Waals surface area (Å²) in [6.07, 6.45) is 2.76.